The first kappa shape index (κ1) is 18.1. The minimum Gasteiger partial charge on any atom is -0.293 e. The third-order valence-corrected chi connectivity index (χ3v) is 6.61. The predicted molar refractivity (Wildman–Crippen MR) is 111 cm³/mol. The highest BCUT2D eigenvalue weighted by atomic mass is 32.1. The number of hydrogen-bond donors (Lipinski definition) is 0. The number of nitrogens with zero attached hydrogens (tertiary/aromatic N) is 2. The zero-order chi connectivity index (χ0) is 18.8. The number of fused-ring (bicyclic) bond motifs is 1. The Bertz CT molecular complexity index is 966. The monoisotopic (exact) mass is 376 g/mol. The second-order valence-electron chi connectivity index (χ2n) is 7.38. The highest BCUT2D eigenvalue weighted by Crippen LogP contribution is 2.30. The van der Waals surface area contributed by atoms with Gasteiger partial charge in [0.25, 0.3) is 0 Å². The SMILES string of the molecule is Cc1cc(-c2ccc(CCC(=O)c3cc4c(s3)CCCC4)c(C)c2)ncn1. The molecule has 4 heteroatoms. The first-order valence-electron chi connectivity index (χ1n) is 9.63. The fourth-order valence-corrected chi connectivity index (χ4v) is 4.97. The van der Waals surface area contributed by atoms with Crippen molar-refractivity contribution in [2.45, 2.75) is 52.4 Å². The first-order valence-corrected chi connectivity index (χ1v) is 10.4. The van der Waals surface area contributed by atoms with Gasteiger partial charge in [-0.3, -0.25) is 4.79 Å². The van der Waals surface area contributed by atoms with Crippen LogP contribution in [0, 0.1) is 13.8 Å². The summed E-state index contributed by atoms with van der Waals surface area (Å²) >= 11 is 1.72. The Morgan fingerprint density at radius 2 is 1.93 bits per heavy atom. The van der Waals surface area contributed by atoms with E-state index >= 15 is 0 Å². The van der Waals surface area contributed by atoms with Gasteiger partial charge in [0, 0.05) is 22.6 Å². The first-order chi connectivity index (χ1) is 13.1. The predicted octanol–water partition coefficient (Wildman–Crippen LogP) is 5.52. The van der Waals surface area contributed by atoms with Crippen LogP contribution in [0.3, 0.4) is 0 Å². The Kier molecular flexibility index (Phi) is 5.17. The van der Waals surface area contributed by atoms with Crippen molar-refractivity contribution >= 4 is 17.1 Å². The minimum absolute atomic E-state index is 0.282. The van der Waals surface area contributed by atoms with Gasteiger partial charge in [0.05, 0.1) is 10.6 Å². The van der Waals surface area contributed by atoms with E-state index in [4.69, 9.17) is 0 Å². The number of Topliss-reactive ketones (excluding diaryl/α,β-unsaturated/α-hetero) is 1. The maximum atomic E-state index is 12.7. The second kappa shape index (κ2) is 7.73. The standard InChI is InChI=1S/C23H24N2OS/c1-15-11-18(20-12-16(2)24-14-25-20)8-7-17(15)9-10-21(26)23-13-19-5-3-4-6-22(19)27-23/h7-8,11-14H,3-6,9-10H2,1-2H3. The summed E-state index contributed by atoms with van der Waals surface area (Å²) in [5, 5.41) is 0. The van der Waals surface area contributed by atoms with Gasteiger partial charge in [-0.15, -0.1) is 11.3 Å². The quantitative estimate of drug-likeness (QED) is 0.551. The Morgan fingerprint density at radius 1 is 1.07 bits per heavy atom. The number of ketones is 1. The molecule has 1 aliphatic carbocycles. The van der Waals surface area contributed by atoms with Crippen LogP contribution in [0.4, 0.5) is 0 Å². The van der Waals surface area contributed by atoms with Crippen LogP contribution in [0.2, 0.25) is 0 Å². The molecular formula is C23H24N2OS. The second-order valence-corrected chi connectivity index (χ2v) is 8.51. The lowest BCUT2D eigenvalue weighted by atomic mass is 9.97. The topological polar surface area (TPSA) is 42.9 Å². The Hall–Kier alpha value is -2.33. The van der Waals surface area contributed by atoms with Crippen LogP contribution in [0.1, 0.15) is 56.2 Å². The van der Waals surface area contributed by atoms with Crippen molar-refractivity contribution in [3.05, 3.63) is 68.8 Å². The molecule has 4 rings (SSSR count). The number of carbonyl (C=O) groups is 1. The van der Waals surface area contributed by atoms with E-state index in [9.17, 15) is 4.79 Å². The highest BCUT2D eigenvalue weighted by molar-refractivity contribution is 7.14. The molecule has 1 aromatic carbocycles. The van der Waals surface area contributed by atoms with E-state index in [-0.39, 0.29) is 5.78 Å². The van der Waals surface area contributed by atoms with Gasteiger partial charge in [0.15, 0.2) is 5.78 Å². The number of rotatable bonds is 5. The van der Waals surface area contributed by atoms with E-state index in [2.05, 4.69) is 41.2 Å². The van der Waals surface area contributed by atoms with Crippen molar-refractivity contribution in [2.24, 2.45) is 0 Å². The molecule has 2 heterocycles. The largest absolute Gasteiger partial charge is 0.293 e. The molecule has 0 atom stereocenters. The molecule has 0 saturated heterocycles. The van der Waals surface area contributed by atoms with Crippen LogP contribution in [0.15, 0.2) is 36.7 Å². The molecule has 0 aliphatic heterocycles. The lowest BCUT2D eigenvalue weighted by molar-refractivity contribution is 0.0986. The lowest BCUT2D eigenvalue weighted by Crippen LogP contribution is -2.00. The molecule has 0 unspecified atom stereocenters. The zero-order valence-electron chi connectivity index (χ0n) is 15.9. The molecule has 27 heavy (non-hydrogen) atoms. The summed E-state index contributed by atoms with van der Waals surface area (Å²) in [6.07, 6.45) is 7.78. The number of hydrogen-bond acceptors (Lipinski definition) is 4. The molecular weight excluding hydrogens is 352 g/mol. The lowest BCUT2D eigenvalue weighted by Gasteiger charge is -2.08. The maximum Gasteiger partial charge on any atom is 0.173 e. The van der Waals surface area contributed by atoms with Crippen molar-refractivity contribution in [1.29, 1.82) is 0 Å². The van der Waals surface area contributed by atoms with Gasteiger partial charge in [-0.2, -0.15) is 0 Å². The van der Waals surface area contributed by atoms with E-state index < -0.39 is 0 Å². The van der Waals surface area contributed by atoms with Crippen molar-refractivity contribution in [3.63, 3.8) is 0 Å². The Morgan fingerprint density at radius 3 is 2.70 bits per heavy atom. The fourth-order valence-electron chi connectivity index (χ4n) is 3.75. The van der Waals surface area contributed by atoms with E-state index in [1.54, 1.807) is 17.7 Å². The molecule has 0 spiro atoms. The fraction of sp³-hybridized carbons (Fsp3) is 0.348. The van der Waals surface area contributed by atoms with E-state index in [1.165, 1.54) is 34.4 Å². The molecule has 0 bridgehead atoms. The number of benzene rings is 1. The van der Waals surface area contributed by atoms with E-state index in [1.807, 2.05) is 13.0 Å². The third-order valence-electron chi connectivity index (χ3n) is 5.33. The summed E-state index contributed by atoms with van der Waals surface area (Å²) in [7, 11) is 0. The van der Waals surface area contributed by atoms with Crippen molar-refractivity contribution in [2.75, 3.05) is 0 Å². The number of thiophene rings is 1. The average Bonchev–Trinajstić information content (AvgIpc) is 3.11. The normalized spacial score (nSPS) is 13.4. The average molecular weight is 377 g/mol. The highest BCUT2D eigenvalue weighted by Gasteiger charge is 2.17. The Labute approximate surface area is 164 Å². The number of aryl methyl sites for hydroxylation is 5. The molecule has 0 radical (unpaired) electrons. The molecule has 1 aliphatic rings. The summed E-state index contributed by atoms with van der Waals surface area (Å²) in [6.45, 7) is 4.08. The van der Waals surface area contributed by atoms with Gasteiger partial charge in [-0.05, 0) is 80.8 Å². The molecule has 0 N–H and O–H groups in total. The van der Waals surface area contributed by atoms with Gasteiger partial charge in [-0.25, -0.2) is 9.97 Å². The summed E-state index contributed by atoms with van der Waals surface area (Å²) < 4.78 is 0. The third kappa shape index (κ3) is 4.01. The van der Waals surface area contributed by atoms with Gasteiger partial charge in [-0.1, -0.05) is 12.1 Å². The van der Waals surface area contributed by atoms with Gasteiger partial charge < -0.3 is 0 Å². The van der Waals surface area contributed by atoms with Crippen LogP contribution in [-0.2, 0) is 19.3 Å². The molecule has 138 valence electrons. The van der Waals surface area contributed by atoms with Crippen LogP contribution in [-0.4, -0.2) is 15.8 Å². The molecule has 0 amide bonds. The smallest absolute Gasteiger partial charge is 0.173 e. The van der Waals surface area contributed by atoms with Crippen LogP contribution >= 0.6 is 11.3 Å². The summed E-state index contributed by atoms with van der Waals surface area (Å²) in [6, 6.07) is 10.5. The van der Waals surface area contributed by atoms with Gasteiger partial charge in [0.2, 0.25) is 0 Å². The number of aromatic nitrogens is 2. The summed E-state index contributed by atoms with van der Waals surface area (Å²) in [5.41, 5.74) is 6.86. The van der Waals surface area contributed by atoms with Crippen molar-refractivity contribution in [3.8, 4) is 11.3 Å². The van der Waals surface area contributed by atoms with Gasteiger partial charge in [0.1, 0.15) is 6.33 Å². The maximum absolute atomic E-state index is 12.7. The molecule has 2 aromatic heterocycles. The number of carbonyl (C=O) groups excluding carboxylic acids is 1. The van der Waals surface area contributed by atoms with E-state index in [0.717, 1.165) is 41.1 Å². The molecule has 3 aromatic rings. The summed E-state index contributed by atoms with van der Waals surface area (Å²) in [5.74, 6) is 0.282. The van der Waals surface area contributed by atoms with Gasteiger partial charge >= 0.3 is 0 Å². The zero-order valence-corrected chi connectivity index (χ0v) is 16.7. The van der Waals surface area contributed by atoms with Crippen LogP contribution in [0.25, 0.3) is 11.3 Å². The van der Waals surface area contributed by atoms with E-state index in [0.29, 0.717) is 6.42 Å². The van der Waals surface area contributed by atoms with Crippen LogP contribution in [0.5, 0.6) is 0 Å². The van der Waals surface area contributed by atoms with Crippen LogP contribution < -0.4 is 0 Å². The summed E-state index contributed by atoms with van der Waals surface area (Å²) in [4.78, 5) is 23.6. The minimum atomic E-state index is 0.282. The Balaban J connectivity index is 1.45. The van der Waals surface area contributed by atoms with Crippen molar-refractivity contribution < 1.29 is 4.79 Å². The molecule has 3 nitrogen and oxygen atoms in total. The molecule has 0 saturated carbocycles. The van der Waals surface area contributed by atoms with Crippen molar-refractivity contribution in [1.82, 2.24) is 9.97 Å². The molecule has 0 fully saturated rings.